The van der Waals surface area contributed by atoms with Gasteiger partial charge in [0.25, 0.3) is 0 Å². The highest BCUT2D eigenvalue weighted by atomic mass is 16.3. The summed E-state index contributed by atoms with van der Waals surface area (Å²) in [6.07, 6.45) is 1.27. The van der Waals surface area contributed by atoms with Gasteiger partial charge in [0.2, 0.25) is 5.91 Å². The van der Waals surface area contributed by atoms with Gasteiger partial charge in [-0.3, -0.25) is 9.69 Å². The van der Waals surface area contributed by atoms with Gasteiger partial charge in [-0.1, -0.05) is 12.1 Å². The number of piperazine rings is 1. The molecule has 0 spiro atoms. The number of aryl methyl sites for hydroxylation is 3. The monoisotopic (exact) mass is 343 g/mol. The first-order valence-electron chi connectivity index (χ1n) is 9.19. The highest BCUT2D eigenvalue weighted by Gasteiger charge is 2.23. The summed E-state index contributed by atoms with van der Waals surface area (Å²) in [6, 6.07) is 4.27. The van der Waals surface area contributed by atoms with Gasteiger partial charge in [-0.25, -0.2) is 0 Å². The molecule has 25 heavy (non-hydrogen) atoms. The Kier molecular flexibility index (Phi) is 5.45. The molecule has 1 aliphatic heterocycles. The van der Waals surface area contributed by atoms with Crippen molar-refractivity contribution < 1.29 is 9.90 Å². The molecular formula is C20H29N3O2. The van der Waals surface area contributed by atoms with Crippen molar-refractivity contribution in [3.05, 3.63) is 34.5 Å². The molecule has 0 atom stereocenters. The molecule has 1 saturated heterocycles. The number of carbonyl (C=O) groups excluding carboxylic acids is 1. The fourth-order valence-corrected chi connectivity index (χ4v) is 3.81. The van der Waals surface area contributed by atoms with Crippen molar-refractivity contribution in [1.29, 1.82) is 0 Å². The summed E-state index contributed by atoms with van der Waals surface area (Å²) in [5.74, 6) is 0.215. The Bertz CT molecular complexity index is 758. The van der Waals surface area contributed by atoms with Crippen LogP contribution in [0.15, 0.2) is 12.1 Å². The first kappa shape index (κ1) is 18.0. The summed E-state index contributed by atoms with van der Waals surface area (Å²) >= 11 is 0. The number of nitrogens with one attached hydrogen (secondary N) is 1. The van der Waals surface area contributed by atoms with E-state index in [9.17, 15) is 4.79 Å². The van der Waals surface area contributed by atoms with Gasteiger partial charge in [0.15, 0.2) is 0 Å². The van der Waals surface area contributed by atoms with Gasteiger partial charge >= 0.3 is 0 Å². The standard InChI is InChI=1S/C20H29N3O2/c1-14-5-6-15(2)20-19(14)17(16(3)21-20)13-18(25)23-10-8-22(9-11-23)7-4-12-24/h5-6,21,24H,4,7-13H2,1-3H3. The number of amides is 1. The third kappa shape index (κ3) is 3.72. The number of hydrogen-bond donors (Lipinski definition) is 2. The zero-order valence-corrected chi connectivity index (χ0v) is 15.6. The number of aromatic amines is 1. The van der Waals surface area contributed by atoms with Crippen molar-refractivity contribution in [2.75, 3.05) is 39.3 Å². The van der Waals surface area contributed by atoms with Crippen LogP contribution in [-0.2, 0) is 11.2 Å². The molecule has 2 heterocycles. The predicted octanol–water partition coefficient (Wildman–Crippen LogP) is 2.16. The quantitative estimate of drug-likeness (QED) is 0.875. The number of hydrogen-bond acceptors (Lipinski definition) is 3. The maximum atomic E-state index is 12.8. The lowest BCUT2D eigenvalue weighted by atomic mass is 10.0. The molecule has 0 radical (unpaired) electrons. The van der Waals surface area contributed by atoms with Crippen LogP contribution in [0.3, 0.4) is 0 Å². The van der Waals surface area contributed by atoms with Gasteiger partial charge in [0, 0.05) is 55.9 Å². The molecule has 2 N–H and O–H groups in total. The van der Waals surface area contributed by atoms with E-state index < -0.39 is 0 Å². The molecule has 5 heteroatoms. The molecule has 1 aromatic heterocycles. The van der Waals surface area contributed by atoms with Crippen molar-refractivity contribution in [1.82, 2.24) is 14.8 Å². The van der Waals surface area contributed by atoms with Crippen LogP contribution >= 0.6 is 0 Å². The molecule has 2 aromatic rings. The predicted molar refractivity (Wildman–Crippen MR) is 101 cm³/mol. The van der Waals surface area contributed by atoms with Crippen LogP contribution in [0.4, 0.5) is 0 Å². The first-order chi connectivity index (χ1) is 12.0. The number of nitrogens with zero attached hydrogens (tertiary/aromatic N) is 2. The van der Waals surface area contributed by atoms with E-state index in [2.05, 4.69) is 42.8 Å². The van der Waals surface area contributed by atoms with Crippen molar-refractivity contribution in [3.8, 4) is 0 Å². The van der Waals surface area contributed by atoms with Crippen LogP contribution in [0, 0.1) is 20.8 Å². The van der Waals surface area contributed by atoms with Gasteiger partial charge in [-0.05, 0) is 43.9 Å². The number of aliphatic hydroxyl groups excluding tert-OH is 1. The SMILES string of the molecule is Cc1[nH]c2c(C)ccc(C)c2c1CC(=O)N1CCN(CCCO)CC1. The van der Waals surface area contributed by atoms with E-state index in [-0.39, 0.29) is 12.5 Å². The molecule has 1 fully saturated rings. The first-order valence-corrected chi connectivity index (χ1v) is 9.19. The van der Waals surface area contributed by atoms with Crippen LogP contribution in [0.25, 0.3) is 10.9 Å². The number of aliphatic hydroxyl groups is 1. The second kappa shape index (κ2) is 7.58. The molecule has 1 amide bonds. The lowest BCUT2D eigenvalue weighted by Crippen LogP contribution is -2.49. The van der Waals surface area contributed by atoms with Crippen molar-refractivity contribution >= 4 is 16.8 Å². The zero-order chi connectivity index (χ0) is 18.0. The van der Waals surface area contributed by atoms with E-state index >= 15 is 0 Å². The number of aromatic nitrogens is 1. The Labute approximate surface area is 149 Å². The Morgan fingerprint density at radius 2 is 1.80 bits per heavy atom. The molecule has 0 unspecified atom stereocenters. The number of carbonyl (C=O) groups is 1. The molecule has 136 valence electrons. The second-order valence-corrected chi connectivity index (χ2v) is 7.15. The summed E-state index contributed by atoms with van der Waals surface area (Å²) in [5, 5.41) is 10.2. The van der Waals surface area contributed by atoms with E-state index in [1.165, 1.54) is 16.5 Å². The lowest BCUT2D eigenvalue weighted by Gasteiger charge is -2.34. The van der Waals surface area contributed by atoms with Gasteiger partial charge in [0.05, 0.1) is 6.42 Å². The fourth-order valence-electron chi connectivity index (χ4n) is 3.81. The minimum Gasteiger partial charge on any atom is -0.396 e. The van der Waals surface area contributed by atoms with Crippen molar-refractivity contribution in [2.24, 2.45) is 0 Å². The number of rotatable bonds is 5. The van der Waals surface area contributed by atoms with Crippen LogP contribution in [-0.4, -0.2) is 65.1 Å². The van der Waals surface area contributed by atoms with Crippen molar-refractivity contribution in [3.63, 3.8) is 0 Å². The Morgan fingerprint density at radius 3 is 2.48 bits per heavy atom. The third-order valence-corrected chi connectivity index (χ3v) is 5.37. The lowest BCUT2D eigenvalue weighted by molar-refractivity contribution is -0.132. The minimum atomic E-state index is 0.215. The Hall–Kier alpha value is -1.85. The van der Waals surface area contributed by atoms with Crippen LogP contribution in [0.2, 0.25) is 0 Å². The molecule has 1 aromatic carbocycles. The van der Waals surface area contributed by atoms with Crippen LogP contribution in [0.5, 0.6) is 0 Å². The molecule has 0 aliphatic carbocycles. The largest absolute Gasteiger partial charge is 0.396 e. The van der Waals surface area contributed by atoms with Crippen LogP contribution < -0.4 is 0 Å². The third-order valence-electron chi connectivity index (χ3n) is 5.37. The summed E-state index contributed by atoms with van der Waals surface area (Å²) in [7, 11) is 0. The van der Waals surface area contributed by atoms with E-state index in [4.69, 9.17) is 5.11 Å². The van der Waals surface area contributed by atoms with E-state index in [1.807, 2.05) is 4.90 Å². The Morgan fingerprint density at radius 1 is 1.12 bits per heavy atom. The summed E-state index contributed by atoms with van der Waals surface area (Å²) in [5.41, 5.74) is 5.85. The maximum absolute atomic E-state index is 12.8. The van der Waals surface area contributed by atoms with E-state index in [1.54, 1.807) is 0 Å². The number of fused-ring (bicyclic) bond motifs is 1. The van der Waals surface area contributed by atoms with Gasteiger partial charge in [-0.2, -0.15) is 0 Å². The highest BCUT2D eigenvalue weighted by Crippen LogP contribution is 2.28. The summed E-state index contributed by atoms with van der Waals surface area (Å²) in [4.78, 5) is 20.6. The fraction of sp³-hybridized carbons (Fsp3) is 0.550. The van der Waals surface area contributed by atoms with Gasteiger partial charge < -0.3 is 15.0 Å². The molecule has 3 rings (SSSR count). The van der Waals surface area contributed by atoms with Gasteiger partial charge in [0.1, 0.15) is 0 Å². The summed E-state index contributed by atoms with van der Waals surface area (Å²) in [6.45, 7) is 10.8. The molecular weight excluding hydrogens is 314 g/mol. The van der Waals surface area contributed by atoms with Gasteiger partial charge in [-0.15, -0.1) is 0 Å². The minimum absolute atomic E-state index is 0.215. The maximum Gasteiger partial charge on any atom is 0.227 e. The summed E-state index contributed by atoms with van der Waals surface area (Å²) < 4.78 is 0. The topological polar surface area (TPSA) is 59.6 Å². The van der Waals surface area contributed by atoms with E-state index in [0.29, 0.717) is 6.42 Å². The highest BCUT2D eigenvalue weighted by molar-refractivity contribution is 5.93. The molecule has 0 saturated carbocycles. The average Bonchev–Trinajstić information content (AvgIpc) is 2.94. The average molecular weight is 343 g/mol. The zero-order valence-electron chi connectivity index (χ0n) is 15.6. The van der Waals surface area contributed by atoms with Crippen molar-refractivity contribution in [2.45, 2.75) is 33.6 Å². The normalized spacial score (nSPS) is 15.9. The Balaban J connectivity index is 1.71. The molecule has 1 aliphatic rings. The second-order valence-electron chi connectivity index (χ2n) is 7.15. The number of H-pyrrole nitrogens is 1. The van der Waals surface area contributed by atoms with Crippen LogP contribution in [0.1, 0.15) is 28.8 Å². The smallest absolute Gasteiger partial charge is 0.227 e. The molecule has 0 bridgehead atoms. The molecule has 5 nitrogen and oxygen atoms in total. The van der Waals surface area contributed by atoms with E-state index in [0.717, 1.165) is 55.9 Å². The number of benzene rings is 1.